The number of nitrogens with zero attached hydrogens (tertiary/aromatic N) is 1. The minimum absolute atomic E-state index is 0.544. The van der Waals surface area contributed by atoms with Crippen molar-refractivity contribution in [2.75, 3.05) is 0 Å². The summed E-state index contributed by atoms with van der Waals surface area (Å²) >= 11 is 0. The summed E-state index contributed by atoms with van der Waals surface area (Å²) in [5.41, 5.74) is 0.648. The second-order valence-corrected chi connectivity index (χ2v) is 3.61. The molecular formula is C15H13NO5. The van der Waals surface area contributed by atoms with Crippen LogP contribution in [0, 0.1) is 0 Å². The third-order valence-corrected chi connectivity index (χ3v) is 2.02. The summed E-state index contributed by atoms with van der Waals surface area (Å²) in [7, 11) is 0. The lowest BCUT2D eigenvalue weighted by molar-refractivity contribution is -0.132. The van der Waals surface area contributed by atoms with Crippen molar-refractivity contribution in [2.24, 2.45) is 0 Å². The number of rotatable bonds is 4. The van der Waals surface area contributed by atoms with Gasteiger partial charge in [0.1, 0.15) is 5.76 Å². The summed E-state index contributed by atoms with van der Waals surface area (Å²) in [5, 5.41) is 16.4. The SMILES string of the molecule is O=C(O)/C=C/c1ccccn1.O=C(O)/C=C/c1ccco1. The highest BCUT2D eigenvalue weighted by Gasteiger charge is 1.89. The molecule has 0 atom stereocenters. The van der Waals surface area contributed by atoms with E-state index < -0.39 is 11.9 Å². The van der Waals surface area contributed by atoms with E-state index >= 15 is 0 Å². The largest absolute Gasteiger partial charge is 0.478 e. The van der Waals surface area contributed by atoms with Crippen molar-refractivity contribution < 1.29 is 24.2 Å². The average Bonchev–Trinajstić information content (AvgIpc) is 2.98. The van der Waals surface area contributed by atoms with E-state index in [4.69, 9.17) is 14.6 Å². The Morgan fingerprint density at radius 2 is 1.71 bits per heavy atom. The Balaban J connectivity index is 0.000000211. The average molecular weight is 287 g/mol. The van der Waals surface area contributed by atoms with E-state index in [9.17, 15) is 9.59 Å². The first-order chi connectivity index (χ1) is 10.1. The lowest BCUT2D eigenvalue weighted by Gasteiger charge is -1.87. The zero-order chi connectivity index (χ0) is 15.5. The zero-order valence-electron chi connectivity index (χ0n) is 10.9. The maximum atomic E-state index is 10.1. The summed E-state index contributed by atoms with van der Waals surface area (Å²) in [6, 6.07) is 8.69. The van der Waals surface area contributed by atoms with Crippen LogP contribution in [0.5, 0.6) is 0 Å². The Morgan fingerprint density at radius 3 is 2.24 bits per heavy atom. The van der Waals surface area contributed by atoms with E-state index in [1.165, 1.54) is 18.4 Å². The van der Waals surface area contributed by atoms with Crippen molar-refractivity contribution in [3.8, 4) is 0 Å². The third kappa shape index (κ3) is 7.78. The van der Waals surface area contributed by atoms with E-state index in [1.54, 1.807) is 36.5 Å². The highest BCUT2D eigenvalue weighted by Crippen LogP contribution is 2.01. The molecule has 0 aliphatic carbocycles. The normalized spacial score (nSPS) is 10.3. The van der Waals surface area contributed by atoms with Gasteiger partial charge in [-0.3, -0.25) is 4.98 Å². The number of hydrogen-bond acceptors (Lipinski definition) is 4. The quantitative estimate of drug-likeness (QED) is 0.838. The van der Waals surface area contributed by atoms with E-state index in [0.29, 0.717) is 11.5 Å². The van der Waals surface area contributed by atoms with Gasteiger partial charge in [-0.25, -0.2) is 9.59 Å². The molecule has 0 amide bonds. The van der Waals surface area contributed by atoms with Crippen LogP contribution in [0.2, 0.25) is 0 Å². The lowest BCUT2D eigenvalue weighted by atomic mass is 10.3. The van der Waals surface area contributed by atoms with Crippen LogP contribution in [0.3, 0.4) is 0 Å². The van der Waals surface area contributed by atoms with E-state index in [-0.39, 0.29) is 0 Å². The Morgan fingerprint density at radius 1 is 1.00 bits per heavy atom. The van der Waals surface area contributed by atoms with Crippen LogP contribution in [0.1, 0.15) is 11.5 Å². The van der Waals surface area contributed by atoms with Gasteiger partial charge >= 0.3 is 11.9 Å². The number of carbonyl (C=O) groups is 2. The van der Waals surface area contributed by atoms with Crippen LogP contribution in [0.25, 0.3) is 12.2 Å². The van der Waals surface area contributed by atoms with Crippen LogP contribution >= 0.6 is 0 Å². The van der Waals surface area contributed by atoms with Gasteiger partial charge in [-0.2, -0.15) is 0 Å². The maximum Gasteiger partial charge on any atom is 0.328 e. The van der Waals surface area contributed by atoms with Crippen molar-refractivity contribution in [1.82, 2.24) is 4.98 Å². The summed E-state index contributed by atoms with van der Waals surface area (Å²) in [6.07, 6.45) is 8.02. The minimum atomic E-state index is -0.976. The number of aliphatic carboxylic acids is 2. The van der Waals surface area contributed by atoms with Crippen molar-refractivity contribution >= 4 is 24.1 Å². The molecule has 0 fully saturated rings. The van der Waals surface area contributed by atoms with Gasteiger partial charge in [-0.05, 0) is 36.4 Å². The summed E-state index contributed by atoms with van der Waals surface area (Å²) in [6.45, 7) is 0. The Kier molecular flexibility index (Phi) is 6.72. The number of pyridine rings is 1. The molecule has 0 spiro atoms. The highest BCUT2D eigenvalue weighted by atomic mass is 16.4. The second kappa shape index (κ2) is 8.87. The van der Waals surface area contributed by atoms with Crippen molar-refractivity contribution in [2.45, 2.75) is 0 Å². The van der Waals surface area contributed by atoms with Gasteiger partial charge < -0.3 is 14.6 Å². The lowest BCUT2D eigenvalue weighted by Crippen LogP contribution is -1.86. The van der Waals surface area contributed by atoms with Crippen molar-refractivity contribution in [1.29, 1.82) is 0 Å². The fraction of sp³-hybridized carbons (Fsp3) is 0. The van der Waals surface area contributed by atoms with Crippen LogP contribution in [-0.4, -0.2) is 27.1 Å². The predicted octanol–water partition coefficient (Wildman–Crippen LogP) is 2.56. The monoisotopic (exact) mass is 287 g/mol. The van der Waals surface area contributed by atoms with Gasteiger partial charge in [0.25, 0.3) is 0 Å². The number of hydrogen-bond donors (Lipinski definition) is 2. The fourth-order valence-corrected chi connectivity index (χ4v) is 1.17. The smallest absolute Gasteiger partial charge is 0.328 e. The van der Waals surface area contributed by atoms with Crippen molar-refractivity contribution in [3.63, 3.8) is 0 Å². The molecule has 0 saturated heterocycles. The van der Waals surface area contributed by atoms with E-state index in [2.05, 4.69) is 4.98 Å². The van der Waals surface area contributed by atoms with Crippen LogP contribution in [0.4, 0.5) is 0 Å². The van der Waals surface area contributed by atoms with Gasteiger partial charge in [0.2, 0.25) is 0 Å². The van der Waals surface area contributed by atoms with E-state index in [0.717, 1.165) is 12.2 Å². The molecule has 0 aromatic carbocycles. The molecular weight excluding hydrogens is 274 g/mol. The first kappa shape index (κ1) is 15.9. The molecule has 0 aliphatic rings. The molecule has 2 heterocycles. The van der Waals surface area contributed by atoms with Gasteiger partial charge in [0.15, 0.2) is 0 Å². The number of aromatic nitrogens is 1. The van der Waals surface area contributed by atoms with Crippen LogP contribution in [0.15, 0.2) is 59.4 Å². The molecule has 0 saturated carbocycles. The van der Waals surface area contributed by atoms with Gasteiger partial charge in [-0.15, -0.1) is 0 Å². The van der Waals surface area contributed by atoms with E-state index in [1.807, 2.05) is 0 Å². The van der Waals surface area contributed by atoms with Gasteiger partial charge in [-0.1, -0.05) is 6.07 Å². The molecule has 2 aromatic rings. The summed E-state index contributed by atoms with van der Waals surface area (Å²) in [5.74, 6) is -1.39. The zero-order valence-corrected chi connectivity index (χ0v) is 10.9. The minimum Gasteiger partial charge on any atom is -0.478 e. The van der Waals surface area contributed by atoms with Crippen molar-refractivity contribution in [3.05, 3.63) is 66.4 Å². The third-order valence-electron chi connectivity index (χ3n) is 2.02. The molecule has 2 N–H and O–H groups in total. The molecule has 6 nitrogen and oxygen atoms in total. The Bertz CT molecular complexity index is 615. The first-order valence-corrected chi connectivity index (χ1v) is 5.84. The molecule has 0 radical (unpaired) electrons. The number of furan rings is 1. The molecule has 0 bridgehead atoms. The predicted molar refractivity (Wildman–Crippen MR) is 76.3 cm³/mol. The van der Waals surface area contributed by atoms with Crippen LogP contribution < -0.4 is 0 Å². The van der Waals surface area contributed by atoms with Gasteiger partial charge in [0, 0.05) is 18.3 Å². The first-order valence-electron chi connectivity index (χ1n) is 5.84. The van der Waals surface area contributed by atoms with Gasteiger partial charge in [0.05, 0.1) is 12.0 Å². The Hall–Kier alpha value is -3.15. The topological polar surface area (TPSA) is 101 Å². The second-order valence-electron chi connectivity index (χ2n) is 3.61. The van der Waals surface area contributed by atoms with Crippen LogP contribution in [-0.2, 0) is 9.59 Å². The Labute approximate surface area is 120 Å². The standard InChI is InChI=1S/C8H7NO2.C7H6O3/c10-8(11)5-4-7-3-1-2-6-9-7;8-7(9)4-3-6-2-1-5-10-6/h1-6H,(H,10,11);1-5H,(H,8,9)/b5-4+;4-3+. The molecule has 2 aromatic heterocycles. The molecule has 6 heteroatoms. The maximum absolute atomic E-state index is 10.1. The molecule has 108 valence electrons. The molecule has 0 aliphatic heterocycles. The fourth-order valence-electron chi connectivity index (χ4n) is 1.17. The summed E-state index contributed by atoms with van der Waals surface area (Å²) in [4.78, 5) is 23.9. The molecule has 2 rings (SSSR count). The molecule has 0 unspecified atom stereocenters. The summed E-state index contributed by atoms with van der Waals surface area (Å²) < 4.78 is 4.83. The number of carboxylic acids is 2. The molecule has 21 heavy (non-hydrogen) atoms. The highest BCUT2D eigenvalue weighted by molar-refractivity contribution is 5.85. The number of carboxylic acid groups (broad SMARTS) is 2.